The molecule has 1 heterocycles. The number of benzene rings is 1. The zero-order valence-electron chi connectivity index (χ0n) is 12.2. The maximum atomic E-state index is 11.1. The normalized spacial score (nSPS) is 11.9. The van der Waals surface area contributed by atoms with Crippen LogP contribution in [0.25, 0.3) is 0 Å². The predicted molar refractivity (Wildman–Crippen MR) is 81.7 cm³/mol. The largest absolute Gasteiger partial charge is 0.469 e. The van der Waals surface area contributed by atoms with E-state index in [9.17, 15) is 4.79 Å². The van der Waals surface area contributed by atoms with Crippen molar-refractivity contribution in [2.24, 2.45) is 5.73 Å². The Kier molecular flexibility index (Phi) is 5.46. The van der Waals surface area contributed by atoms with Gasteiger partial charge in [0.05, 0.1) is 13.2 Å². The Morgan fingerprint density at radius 2 is 1.76 bits per heavy atom. The van der Waals surface area contributed by atoms with E-state index in [0.29, 0.717) is 6.42 Å². The minimum Gasteiger partial charge on any atom is -0.469 e. The number of aromatic nitrogens is 1. The number of nitrogens with zero attached hydrogens (tertiary/aromatic N) is 1. The van der Waals surface area contributed by atoms with E-state index in [1.165, 1.54) is 12.7 Å². The predicted octanol–water partition coefficient (Wildman–Crippen LogP) is 2.63. The fourth-order valence-electron chi connectivity index (χ4n) is 2.19. The lowest BCUT2D eigenvalue weighted by molar-refractivity contribution is -0.140. The number of ether oxygens (including phenoxy) is 1. The topological polar surface area (TPSA) is 65.2 Å². The van der Waals surface area contributed by atoms with Crippen molar-refractivity contribution in [2.45, 2.75) is 25.3 Å². The SMILES string of the molecule is COC(=O)CCCc1ccc(C(N)c2ccncc2)cc1. The number of rotatable bonds is 6. The Balaban J connectivity index is 1.94. The molecule has 4 heteroatoms. The summed E-state index contributed by atoms with van der Waals surface area (Å²) in [5.41, 5.74) is 9.55. The van der Waals surface area contributed by atoms with Gasteiger partial charge in [-0.15, -0.1) is 0 Å². The molecule has 0 aliphatic heterocycles. The monoisotopic (exact) mass is 284 g/mol. The number of aryl methyl sites for hydroxylation is 1. The van der Waals surface area contributed by atoms with Gasteiger partial charge >= 0.3 is 5.97 Å². The molecule has 0 radical (unpaired) electrons. The molecule has 1 atom stereocenters. The van der Waals surface area contributed by atoms with Gasteiger partial charge in [-0.05, 0) is 41.7 Å². The van der Waals surface area contributed by atoms with Crippen molar-refractivity contribution in [3.05, 3.63) is 65.5 Å². The highest BCUT2D eigenvalue weighted by molar-refractivity contribution is 5.69. The number of nitrogens with two attached hydrogens (primary N) is 1. The van der Waals surface area contributed by atoms with Crippen LogP contribution in [0.1, 0.15) is 35.6 Å². The average molecular weight is 284 g/mol. The van der Waals surface area contributed by atoms with Gasteiger partial charge in [0.1, 0.15) is 0 Å². The molecule has 0 saturated heterocycles. The molecule has 2 N–H and O–H groups in total. The van der Waals surface area contributed by atoms with Crippen molar-refractivity contribution in [2.75, 3.05) is 7.11 Å². The van der Waals surface area contributed by atoms with E-state index in [2.05, 4.69) is 21.9 Å². The molecule has 4 nitrogen and oxygen atoms in total. The number of carbonyl (C=O) groups is 1. The lowest BCUT2D eigenvalue weighted by Gasteiger charge is -2.12. The molecule has 110 valence electrons. The molecule has 0 aliphatic carbocycles. The molecule has 0 amide bonds. The number of methoxy groups -OCH3 is 1. The Morgan fingerprint density at radius 3 is 2.38 bits per heavy atom. The van der Waals surface area contributed by atoms with Gasteiger partial charge in [-0.2, -0.15) is 0 Å². The molecule has 21 heavy (non-hydrogen) atoms. The second-order valence-electron chi connectivity index (χ2n) is 4.93. The van der Waals surface area contributed by atoms with E-state index in [1.54, 1.807) is 12.4 Å². The first kappa shape index (κ1) is 15.2. The van der Waals surface area contributed by atoms with Crippen LogP contribution < -0.4 is 5.73 Å². The highest BCUT2D eigenvalue weighted by Gasteiger charge is 2.08. The van der Waals surface area contributed by atoms with Crippen LogP contribution in [0.4, 0.5) is 0 Å². The molecule has 0 bridgehead atoms. The third-order valence-corrected chi connectivity index (χ3v) is 3.48. The third-order valence-electron chi connectivity index (χ3n) is 3.48. The summed E-state index contributed by atoms with van der Waals surface area (Å²) in [6.07, 6.45) is 5.60. The number of hydrogen-bond donors (Lipinski definition) is 1. The second kappa shape index (κ2) is 7.55. The van der Waals surface area contributed by atoms with Gasteiger partial charge < -0.3 is 10.5 Å². The van der Waals surface area contributed by atoms with Crippen molar-refractivity contribution in [3.8, 4) is 0 Å². The molecule has 1 unspecified atom stereocenters. The van der Waals surface area contributed by atoms with Crippen molar-refractivity contribution in [1.82, 2.24) is 4.98 Å². The van der Waals surface area contributed by atoms with Gasteiger partial charge in [-0.3, -0.25) is 9.78 Å². The Bertz CT molecular complexity index is 567. The van der Waals surface area contributed by atoms with Gasteiger partial charge in [0.2, 0.25) is 0 Å². The van der Waals surface area contributed by atoms with E-state index in [4.69, 9.17) is 5.73 Å². The summed E-state index contributed by atoms with van der Waals surface area (Å²) >= 11 is 0. The molecule has 0 aliphatic rings. The summed E-state index contributed by atoms with van der Waals surface area (Å²) in [6, 6.07) is 11.9. The maximum Gasteiger partial charge on any atom is 0.305 e. The summed E-state index contributed by atoms with van der Waals surface area (Å²) in [6.45, 7) is 0. The number of carbonyl (C=O) groups excluding carboxylic acids is 1. The third kappa shape index (κ3) is 4.39. The van der Waals surface area contributed by atoms with Crippen molar-refractivity contribution < 1.29 is 9.53 Å². The van der Waals surface area contributed by atoms with Crippen LogP contribution in [-0.2, 0) is 16.0 Å². The Morgan fingerprint density at radius 1 is 1.14 bits per heavy atom. The number of pyridine rings is 1. The Hall–Kier alpha value is -2.20. The summed E-state index contributed by atoms with van der Waals surface area (Å²) in [5.74, 6) is -0.161. The van der Waals surface area contributed by atoms with Crippen LogP contribution in [0.3, 0.4) is 0 Å². The molecule has 2 aromatic rings. The lowest BCUT2D eigenvalue weighted by Crippen LogP contribution is -2.11. The highest BCUT2D eigenvalue weighted by Crippen LogP contribution is 2.19. The van der Waals surface area contributed by atoms with Crippen molar-refractivity contribution >= 4 is 5.97 Å². The number of hydrogen-bond acceptors (Lipinski definition) is 4. The summed E-state index contributed by atoms with van der Waals surface area (Å²) in [4.78, 5) is 15.1. The zero-order valence-corrected chi connectivity index (χ0v) is 12.2. The highest BCUT2D eigenvalue weighted by atomic mass is 16.5. The van der Waals surface area contributed by atoms with Gasteiger partial charge in [0.15, 0.2) is 0 Å². The minimum atomic E-state index is -0.161. The van der Waals surface area contributed by atoms with Crippen LogP contribution in [0.15, 0.2) is 48.8 Å². The molecule has 1 aromatic carbocycles. The first-order chi connectivity index (χ1) is 10.2. The first-order valence-electron chi connectivity index (χ1n) is 7.02. The van der Waals surface area contributed by atoms with Gasteiger partial charge in [-0.25, -0.2) is 0 Å². The smallest absolute Gasteiger partial charge is 0.305 e. The van der Waals surface area contributed by atoms with E-state index in [-0.39, 0.29) is 12.0 Å². The lowest BCUT2D eigenvalue weighted by atomic mass is 9.98. The van der Waals surface area contributed by atoms with Gasteiger partial charge in [0, 0.05) is 18.8 Å². The van der Waals surface area contributed by atoms with Gasteiger partial charge in [0.25, 0.3) is 0 Å². The second-order valence-corrected chi connectivity index (χ2v) is 4.93. The minimum absolute atomic E-state index is 0.142. The number of esters is 1. The van der Waals surface area contributed by atoms with Crippen LogP contribution >= 0.6 is 0 Å². The summed E-state index contributed by atoms with van der Waals surface area (Å²) < 4.78 is 4.63. The van der Waals surface area contributed by atoms with E-state index in [1.807, 2.05) is 24.3 Å². The molecule has 0 fully saturated rings. The fraction of sp³-hybridized carbons (Fsp3) is 0.294. The molecule has 0 saturated carbocycles. The van der Waals surface area contributed by atoms with Crippen molar-refractivity contribution in [3.63, 3.8) is 0 Å². The van der Waals surface area contributed by atoms with E-state index in [0.717, 1.165) is 24.0 Å². The van der Waals surface area contributed by atoms with E-state index >= 15 is 0 Å². The van der Waals surface area contributed by atoms with Crippen LogP contribution in [-0.4, -0.2) is 18.1 Å². The van der Waals surface area contributed by atoms with Crippen LogP contribution in [0.2, 0.25) is 0 Å². The molecular formula is C17H20N2O2. The van der Waals surface area contributed by atoms with Gasteiger partial charge in [-0.1, -0.05) is 24.3 Å². The standard InChI is InChI=1S/C17H20N2O2/c1-21-16(20)4-2-3-13-5-7-14(8-6-13)17(18)15-9-11-19-12-10-15/h5-12,17H,2-4,18H2,1H3. The molecular weight excluding hydrogens is 264 g/mol. The van der Waals surface area contributed by atoms with Crippen molar-refractivity contribution in [1.29, 1.82) is 0 Å². The summed E-state index contributed by atoms with van der Waals surface area (Å²) in [5, 5.41) is 0. The average Bonchev–Trinajstić information content (AvgIpc) is 2.55. The molecule has 1 aromatic heterocycles. The van der Waals surface area contributed by atoms with E-state index < -0.39 is 0 Å². The van der Waals surface area contributed by atoms with Crippen LogP contribution in [0.5, 0.6) is 0 Å². The maximum absolute atomic E-state index is 11.1. The quantitative estimate of drug-likeness (QED) is 0.828. The molecule has 0 spiro atoms. The zero-order chi connectivity index (χ0) is 15.1. The summed E-state index contributed by atoms with van der Waals surface area (Å²) in [7, 11) is 1.41. The Labute approximate surface area is 125 Å². The molecule has 2 rings (SSSR count). The fourth-order valence-corrected chi connectivity index (χ4v) is 2.19. The van der Waals surface area contributed by atoms with Crippen LogP contribution in [0, 0.1) is 0 Å². The first-order valence-corrected chi connectivity index (χ1v) is 7.02.